The summed E-state index contributed by atoms with van der Waals surface area (Å²) < 4.78 is 5.08. The highest BCUT2D eigenvalue weighted by atomic mass is 32.1. The number of carbonyl (C=O) groups is 4. The Morgan fingerprint density at radius 1 is 1.17 bits per heavy atom. The number of aryl methyl sites for hydroxylation is 1. The van der Waals surface area contributed by atoms with Crippen LogP contribution in [0.25, 0.3) is 10.6 Å². The lowest BCUT2D eigenvalue weighted by Crippen LogP contribution is -2.58. The highest BCUT2D eigenvalue weighted by molar-refractivity contribution is 7.15. The number of primary amides is 1. The van der Waals surface area contributed by atoms with Crippen molar-refractivity contribution in [3.8, 4) is 22.1 Å². The highest BCUT2D eigenvalue weighted by Gasteiger charge is 2.64. The molecule has 1 aliphatic rings. The summed E-state index contributed by atoms with van der Waals surface area (Å²) in [6, 6.07) is 13.3. The van der Waals surface area contributed by atoms with Crippen molar-refractivity contribution in [3.05, 3.63) is 64.7 Å². The zero-order valence-electron chi connectivity index (χ0n) is 23.9. The van der Waals surface area contributed by atoms with Crippen molar-refractivity contribution in [3.63, 3.8) is 0 Å². The third kappa shape index (κ3) is 6.71. The molecule has 1 aromatic heterocycles. The van der Waals surface area contributed by atoms with E-state index in [0.29, 0.717) is 17.0 Å². The van der Waals surface area contributed by atoms with Gasteiger partial charge in [-0.05, 0) is 31.4 Å². The lowest BCUT2D eigenvalue weighted by atomic mass is 10.0. The summed E-state index contributed by atoms with van der Waals surface area (Å²) in [5.41, 5.74) is 5.95. The Kier molecular flexibility index (Phi) is 9.15. The second-order valence-electron chi connectivity index (χ2n) is 10.7. The molecule has 1 saturated carbocycles. The van der Waals surface area contributed by atoms with E-state index in [1.165, 1.54) is 24.5 Å². The van der Waals surface area contributed by atoms with E-state index in [9.17, 15) is 24.3 Å². The van der Waals surface area contributed by atoms with Gasteiger partial charge in [0.1, 0.15) is 28.1 Å². The normalized spacial score (nSPS) is 18.2. The molecule has 1 heterocycles. The van der Waals surface area contributed by atoms with Crippen molar-refractivity contribution < 1.29 is 29.0 Å². The lowest BCUT2D eigenvalue weighted by molar-refractivity contribution is -0.134. The molecule has 2 aromatic carbocycles. The highest BCUT2D eigenvalue weighted by Crippen LogP contribution is 2.44. The number of nitrogens with zero attached hydrogens (tertiary/aromatic N) is 1. The number of methoxy groups -OCH3 is 1. The standard InChI is InChI=1S/C30H35N5O6S/c1-16(2)25(27(39)32-15-19-10-11-20(41-4)12-23(19)36)34-29(40)30(14-21(30)26(31)38)35-24(37)13-22-17(3)42-28(33-22)18-8-6-5-7-9-18/h5-12,16,21,25,36H,13-15H2,1-4H3,(H2,31,38)(H,32,39)(H,34,40)(H,35,37)/t21?,25-,30+/m0/s1. The maximum atomic E-state index is 13.5. The predicted molar refractivity (Wildman–Crippen MR) is 157 cm³/mol. The van der Waals surface area contributed by atoms with Gasteiger partial charge < -0.3 is 31.5 Å². The van der Waals surface area contributed by atoms with Gasteiger partial charge >= 0.3 is 0 Å². The van der Waals surface area contributed by atoms with Crippen molar-refractivity contribution in [1.82, 2.24) is 20.9 Å². The molecule has 1 aliphatic carbocycles. The molecule has 0 saturated heterocycles. The number of carbonyl (C=O) groups excluding carboxylic acids is 4. The first-order valence-corrected chi connectivity index (χ1v) is 14.3. The summed E-state index contributed by atoms with van der Waals surface area (Å²) in [6.07, 6.45) is -0.0630. The fourth-order valence-electron chi connectivity index (χ4n) is 4.71. The second kappa shape index (κ2) is 12.6. The van der Waals surface area contributed by atoms with E-state index in [1.807, 2.05) is 37.3 Å². The summed E-state index contributed by atoms with van der Waals surface area (Å²) in [4.78, 5) is 57.3. The van der Waals surface area contributed by atoms with E-state index in [-0.39, 0.29) is 31.1 Å². The van der Waals surface area contributed by atoms with Crippen molar-refractivity contribution in [2.45, 2.75) is 51.7 Å². The number of aromatic hydroxyl groups is 1. The molecule has 0 bridgehead atoms. The number of amides is 4. The zero-order chi connectivity index (χ0) is 30.6. The number of aromatic nitrogens is 1. The number of ether oxygens (including phenoxy) is 1. The smallest absolute Gasteiger partial charge is 0.247 e. The second-order valence-corrected chi connectivity index (χ2v) is 11.9. The summed E-state index contributed by atoms with van der Waals surface area (Å²) in [5.74, 6) is -3.17. The monoisotopic (exact) mass is 593 g/mol. The molecule has 3 aromatic rings. The number of rotatable bonds is 12. The first kappa shape index (κ1) is 30.5. The van der Waals surface area contributed by atoms with Gasteiger partial charge in [0.05, 0.1) is 25.1 Å². The number of phenolic OH excluding ortho intramolecular Hbond substituents is 1. The van der Waals surface area contributed by atoms with Crippen LogP contribution in [0.15, 0.2) is 48.5 Å². The van der Waals surface area contributed by atoms with Crippen molar-refractivity contribution in [2.75, 3.05) is 7.11 Å². The first-order valence-electron chi connectivity index (χ1n) is 13.5. The Labute approximate surface area is 247 Å². The van der Waals surface area contributed by atoms with Crippen LogP contribution in [-0.2, 0) is 32.1 Å². The van der Waals surface area contributed by atoms with Gasteiger partial charge in [0.25, 0.3) is 0 Å². The quantitative estimate of drug-likeness (QED) is 0.214. The van der Waals surface area contributed by atoms with Crippen molar-refractivity contribution in [1.29, 1.82) is 0 Å². The van der Waals surface area contributed by atoms with Gasteiger partial charge in [-0.15, -0.1) is 11.3 Å². The maximum Gasteiger partial charge on any atom is 0.247 e. The number of benzene rings is 2. The first-order chi connectivity index (χ1) is 19.9. The van der Waals surface area contributed by atoms with Crippen LogP contribution in [0, 0.1) is 18.8 Å². The number of nitrogens with one attached hydrogen (secondary N) is 3. The minimum atomic E-state index is -1.56. The van der Waals surface area contributed by atoms with E-state index in [2.05, 4.69) is 20.9 Å². The molecule has 0 aliphatic heterocycles. The van der Waals surface area contributed by atoms with E-state index < -0.39 is 41.1 Å². The van der Waals surface area contributed by atoms with Crippen LogP contribution in [0.1, 0.15) is 36.4 Å². The zero-order valence-corrected chi connectivity index (χ0v) is 24.7. The summed E-state index contributed by atoms with van der Waals surface area (Å²) in [7, 11) is 1.48. The number of hydrogen-bond acceptors (Lipinski definition) is 8. The number of phenols is 1. The Bertz CT molecular complexity index is 1490. The summed E-state index contributed by atoms with van der Waals surface area (Å²) in [6.45, 7) is 5.40. The largest absolute Gasteiger partial charge is 0.507 e. The molecule has 3 atom stereocenters. The molecule has 0 radical (unpaired) electrons. The third-order valence-electron chi connectivity index (χ3n) is 7.29. The Hall–Kier alpha value is -4.45. The van der Waals surface area contributed by atoms with Crippen molar-refractivity contribution >= 4 is 35.0 Å². The molecule has 1 fully saturated rings. The minimum absolute atomic E-state index is 0.0114. The predicted octanol–water partition coefficient (Wildman–Crippen LogP) is 2.19. The number of nitrogens with two attached hydrogens (primary N) is 1. The summed E-state index contributed by atoms with van der Waals surface area (Å²) >= 11 is 1.46. The molecule has 11 nitrogen and oxygen atoms in total. The number of hydrogen-bond donors (Lipinski definition) is 5. The average molecular weight is 594 g/mol. The molecule has 4 amide bonds. The summed E-state index contributed by atoms with van der Waals surface area (Å²) in [5, 5.41) is 19.1. The van der Waals surface area contributed by atoms with Gasteiger partial charge in [-0.25, -0.2) is 4.98 Å². The molecular formula is C30H35N5O6S. The third-order valence-corrected chi connectivity index (χ3v) is 8.36. The molecule has 4 rings (SSSR count). The fraction of sp³-hybridized carbons (Fsp3) is 0.367. The Morgan fingerprint density at radius 3 is 2.48 bits per heavy atom. The van der Waals surface area contributed by atoms with Gasteiger partial charge in [-0.1, -0.05) is 44.2 Å². The Morgan fingerprint density at radius 2 is 1.88 bits per heavy atom. The minimum Gasteiger partial charge on any atom is -0.507 e. The van der Waals surface area contributed by atoms with Crippen LogP contribution >= 0.6 is 11.3 Å². The van der Waals surface area contributed by atoms with E-state index in [1.54, 1.807) is 26.0 Å². The van der Waals surface area contributed by atoms with Gasteiger partial charge in [0, 0.05) is 28.6 Å². The maximum absolute atomic E-state index is 13.5. The molecule has 12 heteroatoms. The molecule has 0 spiro atoms. The number of thiazole rings is 1. The molecule has 6 N–H and O–H groups in total. The van der Waals surface area contributed by atoms with Crippen LogP contribution < -0.4 is 26.4 Å². The molecule has 1 unspecified atom stereocenters. The van der Waals surface area contributed by atoms with Gasteiger partial charge in [-0.2, -0.15) is 0 Å². The Balaban J connectivity index is 1.44. The van der Waals surface area contributed by atoms with Crippen LogP contribution in [-0.4, -0.2) is 52.4 Å². The van der Waals surface area contributed by atoms with Gasteiger partial charge in [0.15, 0.2) is 0 Å². The van der Waals surface area contributed by atoms with Crippen LogP contribution in [0.4, 0.5) is 0 Å². The fourth-order valence-corrected chi connectivity index (χ4v) is 5.65. The molecule has 222 valence electrons. The van der Waals surface area contributed by atoms with E-state index >= 15 is 0 Å². The van der Waals surface area contributed by atoms with Gasteiger partial charge in [-0.3, -0.25) is 19.2 Å². The van der Waals surface area contributed by atoms with E-state index in [4.69, 9.17) is 10.5 Å². The topological polar surface area (TPSA) is 173 Å². The van der Waals surface area contributed by atoms with Crippen LogP contribution in [0.5, 0.6) is 11.5 Å². The van der Waals surface area contributed by atoms with Crippen LogP contribution in [0.2, 0.25) is 0 Å². The van der Waals surface area contributed by atoms with Crippen LogP contribution in [0.3, 0.4) is 0 Å². The SMILES string of the molecule is COc1ccc(CNC(=O)[C@@H](NC(=O)[C@@]2(NC(=O)Cc3nc(-c4ccccc4)sc3C)CC2C(N)=O)C(C)C)c(O)c1. The average Bonchev–Trinajstić information content (AvgIpc) is 3.58. The molecule has 42 heavy (non-hydrogen) atoms. The van der Waals surface area contributed by atoms with Gasteiger partial charge in [0.2, 0.25) is 23.6 Å². The lowest BCUT2D eigenvalue weighted by Gasteiger charge is -2.26. The molecular weight excluding hydrogens is 558 g/mol. The van der Waals surface area contributed by atoms with Crippen molar-refractivity contribution in [2.24, 2.45) is 17.6 Å². The van der Waals surface area contributed by atoms with E-state index in [0.717, 1.165) is 15.4 Å².